The third-order valence-electron chi connectivity index (χ3n) is 3.44. The fraction of sp³-hybridized carbons (Fsp3) is 0.929. The van der Waals surface area contributed by atoms with E-state index in [1.807, 2.05) is 13.8 Å². The van der Waals surface area contributed by atoms with Crippen molar-refractivity contribution in [3.8, 4) is 0 Å². The first-order chi connectivity index (χ1) is 8.15. The lowest BCUT2D eigenvalue weighted by molar-refractivity contribution is -0.124. The molecule has 0 aromatic heterocycles. The second-order valence-corrected chi connectivity index (χ2v) is 5.43. The van der Waals surface area contributed by atoms with Gasteiger partial charge in [0, 0.05) is 12.5 Å². The lowest BCUT2D eigenvalue weighted by Gasteiger charge is -2.31. The number of carbonyl (C=O) groups is 1. The van der Waals surface area contributed by atoms with Gasteiger partial charge in [-0.05, 0) is 38.9 Å². The van der Waals surface area contributed by atoms with E-state index >= 15 is 0 Å². The number of Topliss-reactive ketones (excluding diaryl/α,β-unsaturated/α-hetero) is 1. The van der Waals surface area contributed by atoms with Crippen LogP contribution in [0.1, 0.15) is 46.5 Å². The lowest BCUT2D eigenvalue weighted by atomic mass is 10.00. The number of piperidine rings is 1. The third kappa shape index (κ3) is 5.17. The van der Waals surface area contributed by atoms with Crippen LogP contribution in [0.4, 0.5) is 0 Å². The quantitative estimate of drug-likeness (QED) is 0.739. The molecule has 1 N–H and O–H groups in total. The van der Waals surface area contributed by atoms with Crippen LogP contribution in [0.15, 0.2) is 0 Å². The van der Waals surface area contributed by atoms with Crippen molar-refractivity contribution in [2.24, 2.45) is 5.92 Å². The molecule has 0 aromatic carbocycles. The summed E-state index contributed by atoms with van der Waals surface area (Å²) >= 11 is 0. The van der Waals surface area contributed by atoms with Crippen molar-refractivity contribution in [2.75, 3.05) is 26.2 Å². The normalized spacial score (nSPS) is 19.5. The van der Waals surface area contributed by atoms with E-state index in [1.165, 1.54) is 19.3 Å². The Morgan fingerprint density at radius 3 is 2.41 bits per heavy atom. The molecule has 1 aliphatic rings. The zero-order chi connectivity index (χ0) is 12.7. The topological polar surface area (TPSA) is 32.3 Å². The lowest BCUT2D eigenvalue weighted by Crippen LogP contribution is -2.49. The number of nitrogens with one attached hydrogen (secondary N) is 1. The largest absolute Gasteiger partial charge is 0.306 e. The Kier molecular flexibility index (Phi) is 6.75. The Morgan fingerprint density at radius 1 is 1.24 bits per heavy atom. The molecular weight excluding hydrogens is 212 g/mol. The molecule has 1 rings (SSSR count). The molecule has 0 spiro atoms. The van der Waals surface area contributed by atoms with Gasteiger partial charge in [0.25, 0.3) is 0 Å². The molecule has 1 atom stereocenters. The second-order valence-electron chi connectivity index (χ2n) is 5.43. The van der Waals surface area contributed by atoms with Crippen LogP contribution in [0.3, 0.4) is 0 Å². The van der Waals surface area contributed by atoms with Crippen LogP contribution >= 0.6 is 0 Å². The standard InChI is InChI=1S/C14H28N2O/c1-4-8-15-13(14(17)12(2)3)11-16-9-6-5-7-10-16/h12-13,15H,4-11H2,1-3H3. The average Bonchev–Trinajstić information content (AvgIpc) is 2.34. The Balaban J connectivity index is 2.46. The predicted octanol–water partition coefficient (Wildman–Crippen LogP) is 2.07. The molecule has 0 radical (unpaired) electrons. The molecular formula is C14H28N2O. The average molecular weight is 240 g/mol. The molecule has 3 nitrogen and oxygen atoms in total. The van der Waals surface area contributed by atoms with Crippen molar-refractivity contribution < 1.29 is 4.79 Å². The Bertz CT molecular complexity index is 222. The minimum absolute atomic E-state index is 0.0352. The van der Waals surface area contributed by atoms with Crippen molar-refractivity contribution in [2.45, 2.75) is 52.5 Å². The van der Waals surface area contributed by atoms with Gasteiger partial charge in [-0.15, -0.1) is 0 Å². The molecule has 0 saturated carbocycles. The third-order valence-corrected chi connectivity index (χ3v) is 3.44. The van der Waals surface area contributed by atoms with Crippen LogP contribution in [0.5, 0.6) is 0 Å². The van der Waals surface area contributed by atoms with E-state index in [2.05, 4.69) is 17.1 Å². The molecule has 1 fully saturated rings. The summed E-state index contributed by atoms with van der Waals surface area (Å²) in [5.74, 6) is 0.498. The fourth-order valence-corrected chi connectivity index (χ4v) is 2.38. The molecule has 17 heavy (non-hydrogen) atoms. The summed E-state index contributed by atoms with van der Waals surface area (Å²) in [6, 6.07) is 0.0352. The van der Waals surface area contributed by atoms with E-state index in [0.717, 1.165) is 32.6 Å². The molecule has 100 valence electrons. The maximum atomic E-state index is 12.1. The van der Waals surface area contributed by atoms with E-state index < -0.39 is 0 Å². The summed E-state index contributed by atoms with van der Waals surface area (Å²) in [4.78, 5) is 14.6. The Labute approximate surface area is 106 Å². The van der Waals surface area contributed by atoms with Crippen LogP contribution < -0.4 is 5.32 Å². The van der Waals surface area contributed by atoms with Crippen molar-refractivity contribution in [3.63, 3.8) is 0 Å². The van der Waals surface area contributed by atoms with E-state index in [0.29, 0.717) is 5.78 Å². The van der Waals surface area contributed by atoms with Gasteiger partial charge in [0.2, 0.25) is 0 Å². The van der Waals surface area contributed by atoms with Gasteiger partial charge in [-0.2, -0.15) is 0 Å². The molecule has 0 amide bonds. The van der Waals surface area contributed by atoms with E-state index in [9.17, 15) is 4.79 Å². The summed E-state index contributed by atoms with van der Waals surface area (Å²) < 4.78 is 0. The maximum Gasteiger partial charge on any atom is 0.153 e. The number of rotatable bonds is 7. The van der Waals surface area contributed by atoms with Gasteiger partial charge in [-0.1, -0.05) is 27.2 Å². The minimum atomic E-state index is 0.0352. The number of carbonyl (C=O) groups excluding carboxylic acids is 1. The monoisotopic (exact) mass is 240 g/mol. The summed E-state index contributed by atoms with van der Waals surface area (Å²) in [6.07, 6.45) is 5.01. The summed E-state index contributed by atoms with van der Waals surface area (Å²) in [7, 11) is 0. The van der Waals surface area contributed by atoms with Gasteiger partial charge < -0.3 is 10.2 Å². The van der Waals surface area contributed by atoms with E-state index in [1.54, 1.807) is 0 Å². The first kappa shape index (κ1) is 14.7. The number of ketones is 1. The van der Waals surface area contributed by atoms with Crippen LogP contribution in [-0.4, -0.2) is 42.9 Å². The highest BCUT2D eigenvalue weighted by atomic mass is 16.1. The smallest absolute Gasteiger partial charge is 0.153 e. The van der Waals surface area contributed by atoms with Crippen LogP contribution in [0, 0.1) is 5.92 Å². The SMILES string of the molecule is CCCNC(CN1CCCCC1)C(=O)C(C)C. The number of hydrogen-bond donors (Lipinski definition) is 1. The van der Waals surface area contributed by atoms with Gasteiger partial charge in [-0.25, -0.2) is 0 Å². The van der Waals surface area contributed by atoms with Crippen molar-refractivity contribution >= 4 is 5.78 Å². The predicted molar refractivity (Wildman–Crippen MR) is 72.2 cm³/mol. The number of likely N-dealkylation sites (tertiary alicyclic amines) is 1. The zero-order valence-electron chi connectivity index (χ0n) is 11.7. The minimum Gasteiger partial charge on any atom is -0.306 e. The summed E-state index contributed by atoms with van der Waals surface area (Å²) in [5, 5.41) is 3.41. The molecule has 1 saturated heterocycles. The van der Waals surface area contributed by atoms with Crippen LogP contribution in [0.25, 0.3) is 0 Å². The van der Waals surface area contributed by atoms with Gasteiger partial charge in [0.05, 0.1) is 6.04 Å². The van der Waals surface area contributed by atoms with Crippen molar-refractivity contribution in [3.05, 3.63) is 0 Å². The number of nitrogens with zero attached hydrogens (tertiary/aromatic N) is 1. The van der Waals surface area contributed by atoms with Crippen molar-refractivity contribution in [1.82, 2.24) is 10.2 Å². The molecule has 1 heterocycles. The summed E-state index contributed by atoms with van der Waals surface area (Å²) in [5.41, 5.74) is 0. The van der Waals surface area contributed by atoms with Crippen molar-refractivity contribution in [1.29, 1.82) is 0 Å². The highest BCUT2D eigenvalue weighted by Crippen LogP contribution is 2.10. The van der Waals surface area contributed by atoms with Crippen LogP contribution in [0.2, 0.25) is 0 Å². The number of hydrogen-bond acceptors (Lipinski definition) is 3. The molecule has 0 aromatic rings. The Hall–Kier alpha value is -0.410. The highest BCUT2D eigenvalue weighted by molar-refractivity contribution is 5.85. The molecule has 3 heteroatoms. The van der Waals surface area contributed by atoms with Gasteiger partial charge >= 0.3 is 0 Å². The fourth-order valence-electron chi connectivity index (χ4n) is 2.38. The second kappa shape index (κ2) is 7.83. The zero-order valence-corrected chi connectivity index (χ0v) is 11.7. The summed E-state index contributed by atoms with van der Waals surface area (Å²) in [6.45, 7) is 10.3. The molecule has 1 aliphatic heterocycles. The molecule has 0 bridgehead atoms. The first-order valence-electron chi connectivity index (χ1n) is 7.14. The van der Waals surface area contributed by atoms with Gasteiger partial charge in [0.15, 0.2) is 5.78 Å². The van der Waals surface area contributed by atoms with Crippen LogP contribution in [-0.2, 0) is 4.79 Å². The molecule has 0 aliphatic carbocycles. The van der Waals surface area contributed by atoms with E-state index in [4.69, 9.17) is 0 Å². The maximum absolute atomic E-state index is 12.1. The Morgan fingerprint density at radius 2 is 1.88 bits per heavy atom. The van der Waals surface area contributed by atoms with Gasteiger partial charge in [0.1, 0.15) is 0 Å². The molecule has 1 unspecified atom stereocenters. The first-order valence-corrected chi connectivity index (χ1v) is 7.14. The highest BCUT2D eigenvalue weighted by Gasteiger charge is 2.23. The van der Waals surface area contributed by atoms with Gasteiger partial charge in [-0.3, -0.25) is 4.79 Å². The van der Waals surface area contributed by atoms with E-state index in [-0.39, 0.29) is 12.0 Å².